The van der Waals surface area contributed by atoms with Crippen LogP contribution in [0.15, 0.2) is 23.2 Å². The molecule has 0 saturated carbocycles. The molecule has 2 N–H and O–H groups in total. The van der Waals surface area contributed by atoms with Crippen LogP contribution in [0.3, 0.4) is 0 Å². The lowest BCUT2D eigenvalue weighted by Gasteiger charge is -2.29. The quantitative estimate of drug-likeness (QED) is 0.362. The second-order valence-electron chi connectivity index (χ2n) is 7.97. The van der Waals surface area contributed by atoms with Crippen LogP contribution in [0.25, 0.3) is 0 Å². The molecule has 27 heavy (non-hydrogen) atoms. The average Bonchev–Trinajstić information content (AvgIpc) is 2.98. The summed E-state index contributed by atoms with van der Waals surface area (Å²) in [4.78, 5) is 8.20. The maximum atomic E-state index is 14.0. The number of halogens is 3. The van der Waals surface area contributed by atoms with Gasteiger partial charge < -0.3 is 20.4 Å². The van der Waals surface area contributed by atoms with Gasteiger partial charge in [0.2, 0.25) is 0 Å². The van der Waals surface area contributed by atoms with Crippen LogP contribution in [0, 0.1) is 17.0 Å². The van der Waals surface area contributed by atoms with Crippen LogP contribution >= 0.6 is 24.0 Å². The molecule has 1 aromatic rings. The Labute approximate surface area is 178 Å². The maximum Gasteiger partial charge on any atom is 0.191 e. The van der Waals surface area contributed by atoms with Crippen LogP contribution in [0.1, 0.15) is 20.3 Å². The van der Waals surface area contributed by atoms with Crippen LogP contribution in [-0.2, 0) is 0 Å². The molecule has 1 aromatic carbocycles. The van der Waals surface area contributed by atoms with E-state index in [4.69, 9.17) is 0 Å². The number of rotatable bonds is 6. The number of para-hydroxylation sites is 1. The summed E-state index contributed by atoms with van der Waals surface area (Å²) in [5.74, 6) is -0.310. The summed E-state index contributed by atoms with van der Waals surface area (Å²) >= 11 is 0. The molecule has 0 amide bonds. The number of guanidine groups is 1. The van der Waals surface area contributed by atoms with Gasteiger partial charge in [-0.25, -0.2) is 8.78 Å². The average molecular weight is 495 g/mol. The number of anilines is 1. The van der Waals surface area contributed by atoms with Crippen molar-refractivity contribution in [1.82, 2.24) is 15.5 Å². The summed E-state index contributed by atoms with van der Waals surface area (Å²) in [6.45, 7) is 7.29. The van der Waals surface area contributed by atoms with Crippen molar-refractivity contribution < 1.29 is 8.78 Å². The minimum absolute atomic E-state index is 0. The molecule has 0 bridgehead atoms. The lowest BCUT2D eigenvalue weighted by molar-refractivity contribution is 0.241. The van der Waals surface area contributed by atoms with E-state index in [-0.39, 0.29) is 41.1 Å². The number of nitrogens with one attached hydrogen (secondary N) is 2. The van der Waals surface area contributed by atoms with Crippen molar-refractivity contribution in [2.45, 2.75) is 26.3 Å². The van der Waals surface area contributed by atoms with E-state index in [1.165, 1.54) is 18.2 Å². The summed E-state index contributed by atoms with van der Waals surface area (Å²) in [6, 6.07) is 4.08. The fourth-order valence-corrected chi connectivity index (χ4v) is 3.50. The van der Waals surface area contributed by atoms with Crippen LogP contribution in [-0.4, -0.2) is 64.2 Å². The Bertz CT molecular complexity index is 616. The van der Waals surface area contributed by atoms with Crippen molar-refractivity contribution in [3.63, 3.8) is 0 Å². The zero-order valence-corrected chi connectivity index (χ0v) is 19.2. The van der Waals surface area contributed by atoms with Crippen LogP contribution < -0.4 is 15.5 Å². The van der Waals surface area contributed by atoms with Crippen LogP contribution in [0.4, 0.5) is 14.5 Å². The van der Waals surface area contributed by atoms with Gasteiger partial charge in [0, 0.05) is 39.3 Å². The molecule has 8 heteroatoms. The Balaban J connectivity index is 0.00000364. The smallest absolute Gasteiger partial charge is 0.191 e. The van der Waals surface area contributed by atoms with Gasteiger partial charge in [0.25, 0.3) is 0 Å². The summed E-state index contributed by atoms with van der Waals surface area (Å²) in [5.41, 5.74) is 0.158. The largest absolute Gasteiger partial charge is 0.365 e. The normalized spacial score (nSPS) is 17.9. The minimum atomic E-state index is -0.515. The fraction of sp³-hybridized carbons (Fsp3) is 0.632. The van der Waals surface area contributed by atoms with Gasteiger partial charge >= 0.3 is 0 Å². The zero-order valence-electron chi connectivity index (χ0n) is 16.9. The summed E-state index contributed by atoms with van der Waals surface area (Å²) < 4.78 is 27.9. The van der Waals surface area contributed by atoms with E-state index in [1.54, 1.807) is 11.9 Å². The van der Waals surface area contributed by atoms with Gasteiger partial charge in [0.1, 0.15) is 17.3 Å². The van der Waals surface area contributed by atoms with Gasteiger partial charge in [-0.15, -0.1) is 24.0 Å². The monoisotopic (exact) mass is 495 g/mol. The Kier molecular flexibility index (Phi) is 9.20. The van der Waals surface area contributed by atoms with E-state index in [9.17, 15) is 8.78 Å². The van der Waals surface area contributed by atoms with Gasteiger partial charge in [-0.2, -0.15) is 0 Å². The highest BCUT2D eigenvalue weighted by molar-refractivity contribution is 14.0. The van der Waals surface area contributed by atoms with E-state index >= 15 is 0 Å². The predicted molar refractivity (Wildman–Crippen MR) is 119 cm³/mol. The molecule has 0 aromatic heterocycles. The molecular weight excluding hydrogens is 463 g/mol. The van der Waals surface area contributed by atoms with Gasteiger partial charge in [-0.1, -0.05) is 19.9 Å². The SMILES string of the molecule is CN=C(NCC(C)(C)CN(C)C)NC1CCN(c2c(F)cccc2F)C1.I. The summed E-state index contributed by atoms with van der Waals surface area (Å²) in [6.07, 6.45) is 0.801. The molecule has 0 aliphatic carbocycles. The van der Waals surface area contributed by atoms with Crippen molar-refractivity contribution in [3.8, 4) is 0 Å². The molecule has 2 rings (SSSR count). The lowest BCUT2D eigenvalue weighted by atomic mass is 9.93. The Morgan fingerprint density at radius 2 is 1.93 bits per heavy atom. The molecule has 5 nitrogen and oxygen atoms in total. The van der Waals surface area contributed by atoms with Gasteiger partial charge in [0.15, 0.2) is 5.96 Å². The third-order valence-electron chi connectivity index (χ3n) is 4.49. The number of hydrogen-bond acceptors (Lipinski definition) is 3. The lowest BCUT2D eigenvalue weighted by Crippen LogP contribution is -2.48. The first kappa shape index (κ1) is 23.9. The van der Waals surface area contributed by atoms with E-state index in [2.05, 4.69) is 48.5 Å². The van der Waals surface area contributed by atoms with Crippen LogP contribution in [0.5, 0.6) is 0 Å². The zero-order chi connectivity index (χ0) is 19.3. The van der Waals surface area contributed by atoms with Crippen molar-refractivity contribution in [2.75, 3.05) is 52.2 Å². The minimum Gasteiger partial charge on any atom is -0.365 e. The summed E-state index contributed by atoms with van der Waals surface area (Å²) in [7, 11) is 5.85. The summed E-state index contributed by atoms with van der Waals surface area (Å²) in [5, 5.41) is 6.73. The Hall–Kier alpha value is -1.16. The third kappa shape index (κ3) is 7.06. The second kappa shape index (κ2) is 10.4. The van der Waals surface area contributed by atoms with E-state index in [0.29, 0.717) is 13.1 Å². The van der Waals surface area contributed by atoms with Gasteiger partial charge in [-0.05, 0) is 38.1 Å². The number of benzene rings is 1. The highest BCUT2D eigenvalue weighted by Gasteiger charge is 2.27. The number of hydrogen-bond donors (Lipinski definition) is 2. The van der Waals surface area contributed by atoms with Gasteiger partial charge in [-0.3, -0.25) is 4.99 Å². The highest BCUT2D eigenvalue weighted by atomic mass is 127. The van der Waals surface area contributed by atoms with Crippen molar-refractivity contribution in [2.24, 2.45) is 10.4 Å². The van der Waals surface area contributed by atoms with Gasteiger partial charge in [0.05, 0.1) is 0 Å². The standard InChI is InChI=1S/C19H31F2N5.HI/c1-19(2,13-25(4)5)12-23-18(22-3)24-14-9-10-26(11-14)17-15(20)7-6-8-16(17)21;/h6-8,14H,9-13H2,1-5H3,(H2,22,23,24);1H. The van der Waals surface area contributed by atoms with E-state index in [1.807, 2.05) is 0 Å². The molecule has 154 valence electrons. The second-order valence-corrected chi connectivity index (χ2v) is 7.97. The van der Waals surface area contributed by atoms with Crippen molar-refractivity contribution in [3.05, 3.63) is 29.8 Å². The topological polar surface area (TPSA) is 42.9 Å². The molecule has 1 unspecified atom stereocenters. The molecule has 1 saturated heterocycles. The number of nitrogens with zero attached hydrogens (tertiary/aromatic N) is 3. The fourth-order valence-electron chi connectivity index (χ4n) is 3.50. The third-order valence-corrected chi connectivity index (χ3v) is 4.49. The van der Waals surface area contributed by atoms with Crippen molar-refractivity contribution in [1.29, 1.82) is 0 Å². The Morgan fingerprint density at radius 3 is 2.48 bits per heavy atom. The highest BCUT2D eigenvalue weighted by Crippen LogP contribution is 2.26. The molecule has 1 heterocycles. The first-order valence-electron chi connectivity index (χ1n) is 9.03. The molecular formula is C19H32F2IN5. The predicted octanol–water partition coefficient (Wildman–Crippen LogP) is 2.91. The molecule has 1 aliphatic heterocycles. The molecule has 1 fully saturated rings. The van der Waals surface area contributed by atoms with Crippen LogP contribution in [0.2, 0.25) is 0 Å². The number of aliphatic imine (C=N–C) groups is 1. The van der Waals surface area contributed by atoms with Crippen molar-refractivity contribution >= 4 is 35.6 Å². The van der Waals surface area contributed by atoms with E-state index in [0.717, 1.165) is 25.5 Å². The Morgan fingerprint density at radius 1 is 1.30 bits per heavy atom. The molecule has 1 atom stereocenters. The molecule has 0 radical (unpaired) electrons. The molecule has 0 spiro atoms. The first-order chi connectivity index (χ1) is 12.2. The van der Waals surface area contributed by atoms with E-state index < -0.39 is 11.6 Å². The maximum absolute atomic E-state index is 14.0. The first-order valence-corrected chi connectivity index (χ1v) is 9.03. The molecule has 1 aliphatic rings.